The van der Waals surface area contributed by atoms with Crippen LogP contribution in [0.1, 0.15) is 18.1 Å². The van der Waals surface area contributed by atoms with Crippen molar-refractivity contribution in [2.75, 3.05) is 4.90 Å². The Kier molecular flexibility index (Phi) is 3.99. The van der Waals surface area contributed by atoms with Crippen molar-refractivity contribution in [3.8, 4) is 0 Å². The van der Waals surface area contributed by atoms with E-state index in [1.807, 2.05) is 24.3 Å². The first-order valence-corrected chi connectivity index (χ1v) is 8.47. The number of fused-ring (bicyclic) bond motifs is 1. The van der Waals surface area contributed by atoms with E-state index in [1.165, 1.54) is 29.8 Å². The molecule has 0 spiro atoms. The summed E-state index contributed by atoms with van der Waals surface area (Å²) in [4.78, 5) is 26.5. The molecule has 2 aliphatic heterocycles. The topological polar surface area (TPSA) is 65.3 Å². The Balaban J connectivity index is 1.56. The average molecular weight is 352 g/mol. The predicted molar refractivity (Wildman–Crippen MR) is 92.7 cm³/mol. The molecule has 2 amide bonds. The van der Waals surface area contributed by atoms with Gasteiger partial charge in [0.15, 0.2) is 12.1 Å². The lowest BCUT2D eigenvalue weighted by Gasteiger charge is -2.20. The second kappa shape index (κ2) is 6.33. The lowest BCUT2D eigenvalue weighted by Crippen LogP contribution is -2.39. The van der Waals surface area contributed by atoms with Crippen LogP contribution < -0.4 is 4.90 Å². The van der Waals surface area contributed by atoms with E-state index < -0.39 is 23.8 Å². The lowest BCUT2D eigenvalue weighted by atomic mass is 10.1. The van der Waals surface area contributed by atoms with Crippen molar-refractivity contribution in [1.82, 2.24) is 5.01 Å². The van der Waals surface area contributed by atoms with Crippen molar-refractivity contribution in [2.45, 2.75) is 32.0 Å². The summed E-state index contributed by atoms with van der Waals surface area (Å²) in [6, 6.07) is 11.7. The number of benzene rings is 2. The molecule has 2 aromatic rings. The van der Waals surface area contributed by atoms with Gasteiger partial charge in [-0.25, -0.2) is 9.29 Å². The molecule has 2 aliphatic rings. The molecule has 2 aromatic carbocycles. The van der Waals surface area contributed by atoms with Crippen molar-refractivity contribution >= 4 is 17.5 Å². The first kappa shape index (κ1) is 16.4. The number of carbonyl (C=O) groups is 2. The molecule has 0 saturated carbocycles. The van der Waals surface area contributed by atoms with Gasteiger partial charge in [-0.05, 0) is 41.8 Å². The van der Waals surface area contributed by atoms with Gasteiger partial charge >= 0.3 is 0 Å². The van der Waals surface area contributed by atoms with Crippen LogP contribution in [-0.2, 0) is 22.6 Å². The number of hydrogen-bond acceptors (Lipinski definition) is 5. The number of nitrogens with zero attached hydrogens (tertiary/aromatic N) is 4. The monoisotopic (exact) mass is 352 g/mol. The summed E-state index contributed by atoms with van der Waals surface area (Å²) < 4.78 is 13.1. The molecule has 0 aliphatic carbocycles. The third-order valence-electron chi connectivity index (χ3n) is 4.72. The van der Waals surface area contributed by atoms with Gasteiger partial charge < -0.3 is 0 Å². The van der Waals surface area contributed by atoms with Gasteiger partial charge in [-0.2, -0.15) is 5.11 Å². The van der Waals surface area contributed by atoms with Crippen LogP contribution in [0.25, 0.3) is 0 Å². The highest BCUT2D eigenvalue weighted by Gasteiger charge is 2.54. The fourth-order valence-electron chi connectivity index (χ4n) is 3.27. The molecular formula is C19H17FN4O2. The second-order valence-electron chi connectivity index (χ2n) is 6.35. The second-order valence-corrected chi connectivity index (χ2v) is 6.35. The Labute approximate surface area is 149 Å². The first-order chi connectivity index (χ1) is 12.6. The maximum Gasteiger partial charge on any atom is 0.263 e. The Hall–Kier alpha value is -3.09. The highest BCUT2D eigenvalue weighted by atomic mass is 19.1. The third-order valence-corrected chi connectivity index (χ3v) is 4.72. The molecule has 1 saturated heterocycles. The van der Waals surface area contributed by atoms with Crippen LogP contribution in [0.2, 0.25) is 0 Å². The molecule has 0 aromatic heterocycles. The Bertz CT molecular complexity index is 879. The van der Waals surface area contributed by atoms with Gasteiger partial charge in [-0.15, -0.1) is 0 Å². The number of imide groups is 1. The fraction of sp³-hybridized carbons (Fsp3) is 0.263. The minimum atomic E-state index is -0.845. The summed E-state index contributed by atoms with van der Waals surface area (Å²) in [5.41, 5.74) is 2.56. The molecule has 26 heavy (non-hydrogen) atoms. The van der Waals surface area contributed by atoms with E-state index in [2.05, 4.69) is 17.3 Å². The van der Waals surface area contributed by atoms with E-state index in [1.54, 1.807) is 5.01 Å². The Morgan fingerprint density at radius 1 is 0.962 bits per heavy atom. The Morgan fingerprint density at radius 3 is 2.27 bits per heavy atom. The highest BCUT2D eigenvalue weighted by molar-refractivity contribution is 6.25. The van der Waals surface area contributed by atoms with Crippen molar-refractivity contribution in [2.24, 2.45) is 10.3 Å². The maximum atomic E-state index is 13.1. The number of hydrogen-bond donors (Lipinski definition) is 0. The SMILES string of the molecule is CCc1ccc(CN2N=NC3C(=O)N(c4ccc(F)cc4)C(=O)C32)cc1. The molecule has 4 rings (SSSR count). The van der Waals surface area contributed by atoms with Gasteiger partial charge in [0.2, 0.25) is 0 Å². The largest absolute Gasteiger partial charge is 0.271 e. The van der Waals surface area contributed by atoms with Crippen LogP contribution in [0.4, 0.5) is 10.1 Å². The van der Waals surface area contributed by atoms with Crippen molar-refractivity contribution in [1.29, 1.82) is 0 Å². The summed E-state index contributed by atoms with van der Waals surface area (Å²) in [6.45, 7) is 2.48. The number of halogens is 1. The van der Waals surface area contributed by atoms with Gasteiger partial charge in [0.25, 0.3) is 11.8 Å². The minimum absolute atomic E-state index is 0.346. The first-order valence-electron chi connectivity index (χ1n) is 8.47. The van der Waals surface area contributed by atoms with Gasteiger partial charge in [0.1, 0.15) is 5.82 Å². The van der Waals surface area contributed by atoms with E-state index in [-0.39, 0.29) is 5.91 Å². The molecule has 132 valence electrons. The van der Waals surface area contributed by atoms with Crippen LogP contribution in [0.5, 0.6) is 0 Å². The average Bonchev–Trinajstić information content (AvgIpc) is 3.17. The summed E-state index contributed by atoms with van der Waals surface area (Å²) in [5, 5.41) is 9.58. The fourth-order valence-corrected chi connectivity index (χ4v) is 3.27. The van der Waals surface area contributed by atoms with Crippen LogP contribution >= 0.6 is 0 Å². The molecule has 2 heterocycles. The molecule has 1 fully saturated rings. The number of rotatable bonds is 4. The van der Waals surface area contributed by atoms with Gasteiger partial charge in [-0.3, -0.25) is 14.6 Å². The number of amides is 2. The molecule has 0 N–H and O–H groups in total. The number of carbonyl (C=O) groups excluding carboxylic acids is 2. The number of aryl methyl sites for hydroxylation is 1. The van der Waals surface area contributed by atoms with E-state index >= 15 is 0 Å². The van der Waals surface area contributed by atoms with Gasteiger partial charge in [0.05, 0.1) is 12.2 Å². The third kappa shape index (κ3) is 2.65. The molecule has 7 heteroatoms. The van der Waals surface area contributed by atoms with Crippen molar-refractivity contribution in [3.63, 3.8) is 0 Å². The smallest absolute Gasteiger partial charge is 0.263 e. The van der Waals surface area contributed by atoms with Crippen LogP contribution in [-0.4, -0.2) is 28.9 Å². The quantitative estimate of drug-likeness (QED) is 0.795. The van der Waals surface area contributed by atoms with Crippen molar-refractivity contribution < 1.29 is 14.0 Å². The van der Waals surface area contributed by atoms with E-state index in [9.17, 15) is 14.0 Å². The van der Waals surface area contributed by atoms with Gasteiger partial charge in [-0.1, -0.05) is 36.4 Å². The van der Waals surface area contributed by atoms with Crippen LogP contribution in [0.3, 0.4) is 0 Å². The van der Waals surface area contributed by atoms with Crippen LogP contribution in [0.15, 0.2) is 58.9 Å². The standard InChI is InChI=1S/C19H17FN4O2/c1-2-12-3-5-13(6-4-12)11-23-17-16(21-22-23)18(25)24(19(17)26)15-9-7-14(20)8-10-15/h3-10,16-17H,2,11H2,1H3. The predicted octanol–water partition coefficient (Wildman–Crippen LogP) is 2.88. The lowest BCUT2D eigenvalue weighted by molar-refractivity contribution is -0.123. The summed E-state index contributed by atoms with van der Waals surface area (Å²) in [6.07, 6.45) is 0.952. The van der Waals surface area contributed by atoms with Crippen molar-refractivity contribution in [3.05, 3.63) is 65.5 Å². The Morgan fingerprint density at radius 2 is 1.62 bits per heavy atom. The van der Waals surface area contributed by atoms with E-state index in [4.69, 9.17) is 0 Å². The molecule has 2 atom stereocenters. The van der Waals surface area contributed by atoms with E-state index in [0.717, 1.165) is 16.9 Å². The summed E-state index contributed by atoms with van der Waals surface area (Å²) in [7, 11) is 0. The molecule has 6 nitrogen and oxygen atoms in total. The van der Waals surface area contributed by atoms with Crippen LogP contribution in [0, 0.1) is 5.82 Å². The molecule has 0 radical (unpaired) electrons. The molecular weight excluding hydrogens is 335 g/mol. The van der Waals surface area contributed by atoms with Gasteiger partial charge in [0, 0.05) is 0 Å². The minimum Gasteiger partial charge on any atom is -0.271 e. The normalized spacial score (nSPS) is 21.6. The zero-order valence-corrected chi connectivity index (χ0v) is 14.2. The highest BCUT2D eigenvalue weighted by Crippen LogP contribution is 2.32. The zero-order chi connectivity index (χ0) is 18.3. The van der Waals surface area contributed by atoms with E-state index in [0.29, 0.717) is 12.2 Å². The molecule has 0 bridgehead atoms. The molecule has 2 unspecified atom stereocenters. The summed E-state index contributed by atoms with van der Waals surface area (Å²) in [5.74, 6) is -1.24. The zero-order valence-electron chi connectivity index (χ0n) is 14.2. The summed E-state index contributed by atoms with van der Waals surface area (Å²) >= 11 is 0. The maximum absolute atomic E-state index is 13.1. The number of anilines is 1.